The number of thiazole rings is 1. The largest absolute Gasteiger partial charge is 0.441 e. The Morgan fingerprint density at radius 3 is 2.47 bits per heavy atom. The Morgan fingerprint density at radius 1 is 1.03 bits per heavy atom. The maximum atomic E-state index is 12.3. The number of benzene rings is 1. The number of piperidine rings is 1. The summed E-state index contributed by atoms with van der Waals surface area (Å²) in [4.78, 5) is 24.2. The first-order chi connectivity index (χ1) is 15.4. The lowest BCUT2D eigenvalue weighted by molar-refractivity contribution is 0.262. The van der Waals surface area contributed by atoms with Crippen molar-refractivity contribution in [3.63, 3.8) is 0 Å². The number of urea groups is 1. The fourth-order valence-electron chi connectivity index (χ4n) is 3.45. The summed E-state index contributed by atoms with van der Waals surface area (Å²) in [5.74, 6) is 1.38. The molecule has 1 fully saturated rings. The van der Waals surface area contributed by atoms with E-state index in [-0.39, 0.29) is 11.4 Å². The van der Waals surface area contributed by atoms with E-state index in [2.05, 4.69) is 58.4 Å². The van der Waals surface area contributed by atoms with Crippen LogP contribution in [0.2, 0.25) is 0 Å². The summed E-state index contributed by atoms with van der Waals surface area (Å²) in [5, 5.41) is 6.17. The van der Waals surface area contributed by atoms with E-state index < -0.39 is 0 Å². The monoisotopic (exact) mass is 451 g/mol. The molecule has 32 heavy (non-hydrogen) atoms. The summed E-state index contributed by atoms with van der Waals surface area (Å²) in [7, 11) is 0. The lowest BCUT2D eigenvalue weighted by atomic mass is 9.94. The highest BCUT2D eigenvalue weighted by Gasteiger charge is 2.18. The maximum absolute atomic E-state index is 12.3. The van der Waals surface area contributed by atoms with Crippen molar-refractivity contribution in [1.29, 1.82) is 0 Å². The van der Waals surface area contributed by atoms with Crippen LogP contribution >= 0.6 is 11.3 Å². The third-order valence-electron chi connectivity index (χ3n) is 5.24. The Labute approximate surface area is 192 Å². The van der Waals surface area contributed by atoms with Gasteiger partial charge in [0.1, 0.15) is 5.76 Å². The van der Waals surface area contributed by atoms with Crippen LogP contribution < -0.4 is 15.5 Å². The third kappa shape index (κ3) is 5.76. The minimum absolute atomic E-state index is 0.0815. The van der Waals surface area contributed by atoms with Gasteiger partial charge in [-0.2, -0.15) is 0 Å². The Balaban J connectivity index is 1.30. The summed E-state index contributed by atoms with van der Waals surface area (Å²) >= 11 is 1.38. The first kappa shape index (κ1) is 22.1. The first-order valence-corrected chi connectivity index (χ1v) is 11.7. The molecule has 4 rings (SSSR count). The van der Waals surface area contributed by atoms with Crippen LogP contribution in [0.25, 0.3) is 12.2 Å². The van der Waals surface area contributed by atoms with Gasteiger partial charge in [0.25, 0.3) is 0 Å². The maximum Gasteiger partial charge on any atom is 0.325 e. The molecular formula is C24H29N5O2S. The topological polar surface area (TPSA) is 83.3 Å². The molecule has 1 aliphatic rings. The molecule has 0 radical (unpaired) electrons. The normalized spacial score (nSPS) is 14.7. The molecule has 1 saturated heterocycles. The first-order valence-electron chi connectivity index (χ1n) is 10.9. The average Bonchev–Trinajstić information content (AvgIpc) is 3.43. The lowest BCUT2D eigenvalue weighted by Crippen LogP contribution is -2.29. The van der Waals surface area contributed by atoms with Gasteiger partial charge in [0.05, 0.1) is 6.20 Å². The molecule has 168 valence electrons. The molecule has 3 heterocycles. The molecular weight excluding hydrogens is 422 g/mol. The van der Waals surface area contributed by atoms with Crippen LogP contribution in [0.15, 0.2) is 41.1 Å². The van der Waals surface area contributed by atoms with Crippen molar-refractivity contribution in [3.8, 4) is 0 Å². The van der Waals surface area contributed by atoms with E-state index in [0.717, 1.165) is 29.4 Å². The number of nitrogens with one attached hydrogen (secondary N) is 2. The highest BCUT2D eigenvalue weighted by Crippen LogP contribution is 2.25. The number of nitrogens with zero attached hydrogens (tertiary/aromatic N) is 3. The molecule has 0 saturated carbocycles. The van der Waals surface area contributed by atoms with Crippen LogP contribution in [0, 0.1) is 0 Å². The van der Waals surface area contributed by atoms with E-state index in [4.69, 9.17) is 4.42 Å². The van der Waals surface area contributed by atoms with Gasteiger partial charge in [0.15, 0.2) is 5.13 Å². The molecule has 7 nitrogen and oxygen atoms in total. The minimum atomic E-state index is -0.317. The number of aromatic nitrogens is 2. The van der Waals surface area contributed by atoms with Gasteiger partial charge in [0, 0.05) is 47.0 Å². The second-order valence-electron chi connectivity index (χ2n) is 8.89. The number of rotatable bonds is 5. The van der Waals surface area contributed by atoms with E-state index >= 15 is 0 Å². The molecule has 1 aliphatic heterocycles. The fourth-order valence-corrected chi connectivity index (χ4v) is 4.17. The number of anilines is 3. The van der Waals surface area contributed by atoms with Gasteiger partial charge in [0.2, 0.25) is 5.89 Å². The highest BCUT2D eigenvalue weighted by molar-refractivity contribution is 7.16. The highest BCUT2D eigenvalue weighted by atomic mass is 32.1. The zero-order valence-corrected chi connectivity index (χ0v) is 19.5. The summed E-state index contributed by atoms with van der Waals surface area (Å²) in [6.07, 6.45) is 10.9. The Hall–Kier alpha value is -3.13. The number of carbonyl (C=O) groups excluding carboxylic acids is 1. The quantitative estimate of drug-likeness (QED) is 0.480. The molecule has 2 aromatic heterocycles. The molecule has 3 aromatic rings. The second-order valence-corrected chi connectivity index (χ2v) is 9.95. The lowest BCUT2D eigenvalue weighted by Gasteiger charge is -2.28. The molecule has 0 spiro atoms. The Morgan fingerprint density at radius 2 is 1.78 bits per heavy atom. The van der Waals surface area contributed by atoms with Crippen LogP contribution in [-0.4, -0.2) is 29.1 Å². The smallest absolute Gasteiger partial charge is 0.325 e. The van der Waals surface area contributed by atoms with Crippen molar-refractivity contribution in [3.05, 3.63) is 53.2 Å². The summed E-state index contributed by atoms with van der Waals surface area (Å²) < 4.78 is 5.76. The minimum Gasteiger partial charge on any atom is -0.441 e. The molecule has 0 atom stereocenters. The zero-order chi connectivity index (χ0) is 22.6. The standard InChI is InChI=1S/C24H29N5O2S/c1-24(2,3)20-16-25-21(31-20)12-11-19-15-26-23(32-19)28-22(30)27-17-7-9-18(10-8-17)29-13-5-4-6-14-29/h7-12,15-16H,4-6,13-14H2,1-3H3,(H2,26,27,28,30). The second kappa shape index (κ2) is 9.56. The number of hydrogen-bond donors (Lipinski definition) is 2. The van der Waals surface area contributed by atoms with E-state index in [1.165, 1.54) is 36.3 Å². The van der Waals surface area contributed by atoms with E-state index in [0.29, 0.717) is 11.0 Å². The van der Waals surface area contributed by atoms with Crippen LogP contribution in [-0.2, 0) is 5.41 Å². The Bertz CT molecular complexity index is 1070. The molecule has 1 aromatic carbocycles. The zero-order valence-electron chi connectivity index (χ0n) is 18.7. The van der Waals surface area contributed by atoms with Gasteiger partial charge < -0.3 is 14.6 Å². The van der Waals surface area contributed by atoms with E-state index in [1.807, 2.05) is 18.2 Å². The van der Waals surface area contributed by atoms with Crippen LogP contribution in [0.1, 0.15) is 56.6 Å². The Kier molecular flexibility index (Phi) is 6.60. The van der Waals surface area contributed by atoms with Crippen LogP contribution in [0.3, 0.4) is 0 Å². The van der Waals surface area contributed by atoms with Gasteiger partial charge in [-0.15, -0.1) is 0 Å². The van der Waals surface area contributed by atoms with Crippen molar-refractivity contribution in [2.24, 2.45) is 0 Å². The number of hydrogen-bond acceptors (Lipinski definition) is 6. The van der Waals surface area contributed by atoms with Crippen LogP contribution in [0.4, 0.5) is 21.3 Å². The summed E-state index contributed by atoms with van der Waals surface area (Å²) in [6, 6.07) is 7.66. The third-order valence-corrected chi connectivity index (χ3v) is 6.12. The predicted octanol–water partition coefficient (Wildman–Crippen LogP) is 6.23. The average molecular weight is 452 g/mol. The SMILES string of the molecule is CC(C)(C)c1cnc(C=Cc2cnc(NC(=O)Nc3ccc(N4CCCCC4)cc3)s2)o1. The van der Waals surface area contributed by atoms with Gasteiger partial charge in [-0.3, -0.25) is 5.32 Å². The van der Waals surface area contributed by atoms with Crippen molar-refractivity contribution in [2.45, 2.75) is 45.4 Å². The van der Waals surface area contributed by atoms with Crippen molar-refractivity contribution >= 4 is 46.0 Å². The predicted molar refractivity (Wildman–Crippen MR) is 131 cm³/mol. The van der Waals surface area contributed by atoms with E-state index in [1.54, 1.807) is 18.5 Å². The molecule has 8 heteroatoms. The molecule has 2 amide bonds. The molecule has 0 aliphatic carbocycles. The van der Waals surface area contributed by atoms with Crippen molar-refractivity contribution in [1.82, 2.24) is 9.97 Å². The number of carbonyl (C=O) groups is 1. The van der Waals surface area contributed by atoms with Gasteiger partial charge in [-0.05, 0) is 49.6 Å². The number of amides is 2. The summed E-state index contributed by atoms with van der Waals surface area (Å²) in [5.41, 5.74) is 1.87. The van der Waals surface area contributed by atoms with E-state index in [9.17, 15) is 4.79 Å². The van der Waals surface area contributed by atoms with Gasteiger partial charge in [-0.1, -0.05) is 32.1 Å². The number of oxazole rings is 1. The molecule has 2 N–H and O–H groups in total. The molecule has 0 unspecified atom stereocenters. The van der Waals surface area contributed by atoms with Crippen molar-refractivity contribution < 1.29 is 9.21 Å². The van der Waals surface area contributed by atoms with Gasteiger partial charge in [-0.25, -0.2) is 14.8 Å². The van der Waals surface area contributed by atoms with Crippen LogP contribution in [0.5, 0.6) is 0 Å². The van der Waals surface area contributed by atoms with Gasteiger partial charge >= 0.3 is 6.03 Å². The summed E-state index contributed by atoms with van der Waals surface area (Å²) in [6.45, 7) is 8.44. The molecule has 0 bridgehead atoms. The fraction of sp³-hybridized carbons (Fsp3) is 0.375. The van der Waals surface area contributed by atoms with Crippen molar-refractivity contribution in [2.75, 3.05) is 28.6 Å².